The molecule has 0 saturated carbocycles. The first-order valence-electron chi connectivity index (χ1n) is 13.9. The van der Waals surface area contributed by atoms with Crippen LogP contribution in [0, 0.1) is 20.8 Å². The van der Waals surface area contributed by atoms with Crippen LogP contribution in [0.25, 0.3) is 0 Å². The maximum Gasteiger partial charge on any atom is 0.264 e. The number of hydrogen-bond donors (Lipinski definition) is 4. The van der Waals surface area contributed by atoms with Gasteiger partial charge in [0.15, 0.2) is 5.60 Å². The largest absolute Gasteiger partial charge is 0.477 e. The van der Waals surface area contributed by atoms with Gasteiger partial charge in [-0.25, -0.2) is 0 Å². The smallest absolute Gasteiger partial charge is 0.264 e. The molecular formula is C31H48N4O3. The average molecular weight is 525 g/mol. The number of aliphatic hydroxyl groups is 1. The van der Waals surface area contributed by atoms with E-state index in [4.69, 9.17) is 10.5 Å². The fourth-order valence-electron chi connectivity index (χ4n) is 5.02. The number of carbonyl (C=O) groups is 1. The van der Waals surface area contributed by atoms with E-state index in [1.165, 1.54) is 5.56 Å². The van der Waals surface area contributed by atoms with Crippen LogP contribution in [0.5, 0.6) is 5.75 Å². The minimum atomic E-state index is -0.975. The molecule has 0 bridgehead atoms. The third-order valence-electron chi connectivity index (χ3n) is 8.01. The molecule has 7 heteroatoms. The second-order valence-electron chi connectivity index (χ2n) is 12.0. The van der Waals surface area contributed by atoms with E-state index in [1.807, 2.05) is 58.9 Å². The zero-order valence-electron chi connectivity index (χ0n) is 24.6. The third kappa shape index (κ3) is 7.00. The first-order valence-corrected chi connectivity index (χ1v) is 13.9. The van der Waals surface area contributed by atoms with Gasteiger partial charge in [0.05, 0.1) is 0 Å². The molecule has 0 radical (unpaired) electrons. The van der Waals surface area contributed by atoms with Crippen molar-refractivity contribution in [3.8, 4) is 5.75 Å². The summed E-state index contributed by atoms with van der Waals surface area (Å²) in [5, 5.41) is 17.3. The zero-order chi connectivity index (χ0) is 28.3. The van der Waals surface area contributed by atoms with Crippen LogP contribution in [0.1, 0.15) is 76.1 Å². The van der Waals surface area contributed by atoms with Gasteiger partial charge < -0.3 is 26.2 Å². The van der Waals surface area contributed by atoms with Crippen molar-refractivity contribution < 1.29 is 14.6 Å². The highest BCUT2D eigenvalue weighted by atomic mass is 16.5. The van der Waals surface area contributed by atoms with Gasteiger partial charge in [0.1, 0.15) is 12.0 Å². The number of nitrogen functional groups attached to an aromatic ring is 1. The van der Waals surface area contributed by atoms with Crippen molar-refractivity contribution >= 4 is 17.3 Å². The van der Waals surface area contributed by atoms with Crippen LogP contribution in [0.4, 0.5) is 11.4 Å². The van der Waals surface area contributed by atoms with E-state index in [9.17, 15) is 9.90 Å². The second kappa shape index (κ2) is 12.0. The van der Waals surface area contributed by atoms with Crippen LogP contribution >= 0.6 is 0 Å². The van der Waals surface area contributed by atoms with Crippen LogP contribution in [0.3, 0.4) is 0 Å². The molecular weight excluding hydrogens is 476 g/mol. The van der Waals surface area contributed by atoms with Crippen LogP contribution in [0.15, 0.2) is 30.3 Å². The number of aliphatic hydroxyl groups excluding tert-OH is 1. The van der Waals surface area contributed by atoms with Crippen molar-refractivity contribution in [2.24, 2.45) is 0 Å². The van der Waals surface area contributed by atoms with Crippen LogP contribution in [-0.2, 0) is 10.2 Å². The number of anilines is 2. The zero-order valence-corrected chi connectivity index (χ0v) is 24.6. The van der Waals surface area contributed by atoms with Gasteiger partial charge in [-0.3, -0.25) is 9.69 Å². The van der Waals surface area contributed by atoms with Crippen molar-refractivity contribution in [2.45, 2.75) is 97.9 Å². The maximum absolute atomic E-state index is 13.4. The lowest BCUT2D eigenvalue weighted by Crippen LogP contribution is -2.54. The summed E-state index contributed by atoms with van der Waals surface area (Å²) in [6.45, 7) is 18.4. The molecule has 210 valence electrons. The van der Waals surface area contributed by atoms with Crippen molar-refractivity contribution in [3.05, 3.63) is 52.6 Å². The standard InChI is InChI=1S/C31H48N4O3/c1-9-31(8,38-26-18-20(2)28(32)22(4)21(26)3)29(37)33-23-14-16-35(17-15-23)19-27(36)34-25-13-11-10-12-24(25)30(5,6)7/h10-13,18,23,27,34,36H,9,14-17,19,32H2,1-8H3,(H,33,37). The number of β-amino-alcohol motifs (C(OH)–C–C–N with tert-alkyl or cyclic N) is 1. The fraction of sp³-hybridized carbons (Fsp3) is 0.581. The Morgan fingerprint density at radius 3 is 2.37 bits per heavy atom. The summed E-state index contributed by atoms with van der Waals surface area (Å²) < 4.78 is 6.35. The first-order chi connectivity index (χ1) is 17.7. The quantitative estimate of drug-likeness (QED) is 0.271. The lowest BCUT2D eigenvalue weighted by molar-refractivity contribution is -0.137. The van der Waals surface area contributed by atoms with Crippen LogP contribution < -0.4 is 21.1 Å². The molecule has 2 aromatic rings. The normalized spacial score (nSPS) is 17.5. The molecule has 1 aliphatic rings. The number of rotatable bonds is 9. The fourth-order valence-corrected chi connectivity index (χ4v) is 5.02. The van der Waals surface area contributed by atoms with Gasteiger partial charge in [0.25, 0.3) is 5.91 Å². The molecule has 0 aromatic heterocycles. The highest BCUT2D eigenvalue weighted by Crippen LogP contribution is 2.33. The Morgan fingerprint density at radius 2 is 1.76 bits per heavy atom. The van der Waals surface area contributed by atoms with Crippen molar-refractivity contribution in [2.75, 3.05) is 30.7 Å². The average Bonchev–Trinajstić information content (AvgIpc) is 2.86. The van der Waals surface area contributed by atoms with Crippen molar-refractivity contribution in [1.82, 2.24) is 10.2 Å². The van der Waals surface area contributed by atoms with Gasteiger partial charge in [-0.1, -0.05) is 45.9 Å². The number of ether oxygens (including phenoxy) is 1. The Labute approximate surface area is 229 Å². The Bertz CT molecular complexity index is 1120. The molecule has 1 amide bonds. The Hall–Kier alpha value is -2.77. The minimum absolute atomic E-state index is 0.0131. The predicted molar refractivity (Wildman–Crippen MR) is 157 cm³/mol. The summed E-state index contributed by atoms with van der Waals surface area (Å²) in [4.78, 5) is 15.6. The molecule has 1 aliphatic heterocycles. The minimum Gasteiger partial charge on any atom is -0.477 e. The molecule has 38 heavy (non-hydrogen) atoms. The lowest BCUT2D eigenvalue weighted by atomic mass is 9.86. The van der Waals surface area contributed by atoms with E-state index in [-0.39, 0.29) is 17.4 Å². The number of nitrogens with zero attached hydrogens (tertiary/aromatic N) is 1. The summed E-state index contributed by atoms with van der Waals surface area (Å²) in [5.74, 6) is 0.614. The number of nitrogens with one attached hydrogen (secondary N) is 2. The molecule has 0 aliphatic carbocycles. The van der Waals surface area contributed by atoms with E-state index in [2.05, 4.69) is 42.4 Å². The molecule has 5 N–H and O–H groups in total. The van der Waals surface area contributed by atoms with Crippen LogP contribution in [-0.4, -0.2) is 53.4 Å². The van der Waals surface area contributed by atoms with Crippen molar-refractivity contribution in [3.63, 3.8) is 0 Å². The number of aryl methyl sites for hydroxylation is 1. The van der Waals surface area contributed by atoms with E-state index in [1.54, 1.807) is 0 Å². The van der Waals surface area contributed by atoms with Gasteiger partial charge in [-0.15, -0.1) is 0 Å². The number of piperidine rings is 1. The molecule has 1 fully saturated rings. The highest BCUT2D eigenvalue weighted by molar-refractivity contribution is 5.85. The molecule has 0 spiro atoms. The Kier molecular flexibility index (Phi) is 9.37. The number of para-hydroxylation sites is 1. The molecule has 1 heterocycles. The number of benzene rings is 2. The van der Waals surface area contributed by atoms with Crippen molar-refractivity contribution in [1.29, 1.82) is 0 Å². The molecule has 3 rings (SSSR count). The predicted octanol–water partition coefficient (Wildman–Crippen LogP) is 5.05. The van der Waals surface area contributed by atoms with E-state index >= 15 is 0 Å². The SMILES string of the molecule is CCC(C)(Oc1cc(C)c(N)c(C)c1C)C(=O)NC1CCN(CC(O)Nc2ccccc2C(C)(C)C)CC1. The molecule has 7 nitrogen and oxygen atoms in total. The van der Waals surface area contributed by atoms with Crippen LogP contribution in [0.2, 0.25) is 0 Å². The summed E-state index contributed by atoms with van der Waals surface area (Å²) in [6, 6.07) is 10.2. The second-order valence-corrected chi connectivity index (χ2v) is 12.0. The van der Waals surface area contributed by atoms with Gasteiger partial charge in [-0.05, 0) is 86.8 Å². The number of hydrogen-bond acceptors (Lipinski definition) is 6. The number of likely N-dealkylation sites (tertiary alicyclic amines) is 1. The topological polar surface area (TPSA) is 99.8 Å². The molecule has 2 unspecified atom stereocenters. The molecule has 2 aromatic carbocycles. The van der Waals surface area contributed by atoms with Gasteiger partial charge in [0, 0.05) is 37.1 Å². The third-order valence-corrected chi connectivity index (χ3v) is 8.01. The van der Waals surface area contributed by atoms with E-state index in [0.717, 1.165) is 54.0 Å². The summed E-state index contributed by atoms with van der Waals surface area (Å²) >= 11 is 0. The molecule has 1 saturated heterocycles. The van der Waals surface area contributed by atoms with Gasteiger partial charge in [-0.2, -0.15) is 0 Å². The number of carbonyl (C=O) groups excluding carboxylic acids is 1. The maximum atomic E-state index is 13.4. The first kappa shape index (κ1) is 29.8. The Balaban J connectivity index is 1.54. The van der Waals surface area contributed by atoms with Gasteiger partial charge >= 0.3 is 0 Å². The summed E-state index contributed by atoms with van der Waals surface area (Å²) in [5.41, 5.74) is 11.0. The lowest BCUT2D eigenvalue weighted by Gasteiger charge is -2.36. The highest BCUT2D eigenvalue weighted by Gasteiger charge is 2.36. The van der Waals surface area contributed by atoms with Gasteiger partial charge in [0.2, 0.25) is 0 Å². The monoisotopic (exact) mass is 524 g/mol. The summed E-state index contributed by atoms with van der Waals surface area (Å²) in [6.07, 6.45) is 1.54. The number of amides is 1. The van der Waals surface area contributed by atoms with E-state index in [0.29, 0.717) is 18.7 Å². The Morgan fingerprint density at radius 1 is 1.13 bits per heavy atom. The van der Waals surface area contributed by atoms with E-state index < -0.39 is 11.8 Å². The summed E-state index contributed by atoms with van der Waals surface area (Å²) in [7, 11) is 0. The molecule has 2 atom stereocenters. The number of nitrogens with two attached hydrogens (primary N) is 1.